The van der Waals surface area contributed by atoms with Crippen molar-refractivity contribution in [3.63, 3.8) is 0 Å². The second kappa shape index (κ2) is 10.4. The van der Waals surface area contributed by atoms with E-state index in [-0.39, 0.29) is 35.5 Å². The minimum atomic E-state index is -1.11. The van der Waals surface area contributed by atoms with Crippen LogP contribution in [0.5, 0.6) is 11.5 Å². The summed E-state index contributed by atoms with van der Waals surface area (Å²) in [6, 6.07) is 14.0. The van der Waals surface area contributed by atoms with E-state index in [4.69, 9.17) is 14.6 Å². The molecule has 0 spiro atoms. The van der Waals surface area contributed by atoms with Crippen molar-refractivity contribution in [2.24, 2.45) is 0 Å². The standard InChI is InChI=1S/C24H23FN2O5/c1-15(2)32-20-12-18(23(28)27-22-8-7-17(14-26-22)24(29)30)11-19(13-20)31-10-9-16-5-3-4-6-21(16)25/h3-8,11-15H,9-10H2,1-2H3,(H,29,30)(H,26,27,28). The lowest BCUT2D eigenvalue weighted by Crippen LogP contribution is -2.14. The summed E-state index contributed by atoms with van der Waals surface area (Å²) in [7, 11) is 0. The molecular weight excluding hydrogens is 415 g/mol. The Morgan fingerprint density at radius 1 is 1.06 bits per heavy atom. The summed E-state index contributed by atoms with van der Waals surface area (Å²) in [5.74, 6) is -0.812. The Morgan fingerprint density at radius 2 is 1.81 bits per heavy atom. The molecule has 2 N–H and O–H groups in total. The molecule has 3 aromatic rings. The molecule has 0 unspecified atom stereocenters. The highest BCUT2D eigenvalue weighted by Crippen LogP contribution is 2.25. The van der Waals surface area contributed by atoms with Gasteiger partial charge >= 0.3 is 5.97 Å². The fourth-order valence-corrected chi connectivity index (χ4v) is 2.89. The number of amides is 1. The number of nitrogens with one attached hydrogen (secondary N) is 1. The van der Waals surface area contributed by atoms with Crippen LogP contribution >= 0.6 is 0 Å². The molecule has 166 valence electrons. The van der Waals surface area contributed by atoms with Gasteiger partial charge < -0.3 is 19.9 Å². The largest absolute Gasteiger partial charge is 0.493 e. The van der Waals surface area contributed by atoms with Crippen LogP contribution in [0.3, 0.4) is 0 Å². The molecule has 0 aliphatic rings. The lowest BCUT2D eigenvalue weighted by Gasteiger charge is -2.14. The number of halogens is 1. The predicted molar refractivity (Wildman–Crippen MR) is 117 cm³/mol. The van der Waals surface area contributed by atoms with Crippen molar-refractivity contribution < 1.29 is 28.6 Å². The second-order valence-electron chi connectivity index (χ2n) is 7.24. The van der Waals surface area contributed by atoms with E-state index in [0.29, 0.717) is 23.5 Å². The number of benzene rings is 2. The first-order chi connectivity index (χ1) is 15.3. The van der Waals surface area contributed by atoms with Crippen molar-refractivity contribution in [1.29, 1.82) is 0 Å². The fourth-order valence-electron chi connectivity index (χ4n) is 2.89. The van der Waals surface area contributed by atoms with Gasteiger partial charge in [0.25, 0.3) is 5.91 Å². The number of nitrogens with zero attached hydrogens (tertiary/aromatic N) is 1. The molecule has 0 saturated carbocycles. The first-order valence-corrected chi connectivity index (χ1v) is 10.0. The first kappa shape index (κ1) is 22.7. The van der Waals surface area contributed by atoms with E-state index in [1.54, 1.807) is 36.4 Å². The highest BCUT2D eigenvalue weighted by molar-refractivity contribution is 6.04. The quantitative estimate of drug-likeness (QED) is 0.508. The number of aromatic carboxylic acids is 1. The maximum Gasteiger partial charge on any atom is 0.337 e. The molecular formula is C24H23FN2O5. The van der Waals surface area contributed by atoms with Crippen molar-refractivity contribution in [3.05, 3.63) is 83.3 Å². The topological polar surface area (TPSA) is 97.8 Å². The van der Waals surface area contributed by atoms with Gasteiger partial charge in [-0.25, -0.2) is 14.2 Å². The summed E-state index contributed by atoms with van der Waals surface area (Å²) in [6.07, 6.45) is 1.40. The number of carbonyl (C=O) groups excluding carboxylic acids is 1. The smallest absolute Gasteiger partial charge is 0.337 e. The van der Waals surface area contributed by atoms with Crippen LogP contribution in [-0.4, -0.2) is 34.7 Å². The molecule has 0 saturated heterocycles. The van der Waals surface area contributed by atoms with Gasteiger partial charge in [0.2, 0.25) is 0 Å². The Balaban J connectivity index is 1.74. The highest BCUT2D eigenvalue weighted by atomic mass is 19.1. The van der Waals surface area contributed by atoms with Gasteiger partial charge in [0.1, 0.15) is 23.1 Å². The molecule has 8 heteroatoms. The summed E-state index contributed by atoms with van der Waals surface area (Å²) >= 11 is 0. The third-order valence-electron chi connectivity index (χ3n) is 4.36. The van der Waals surface area contributed by atoms with Gasteiger partial charge in [-0.05, 0) is 49.7 Å². The average molecular weight is 438 g/mol. The number of carboxylic acid groups (broad SMARTS) is 1. The van der Waals surface area contributed by atoms with Crippen LogP contribution in [0, 0.1) is 5.82 Å². The Morgan fingerprint density at radius 3 is 2.47 bits per heavy atom. The van der Waals surface area contributed by atoms with E-state index in [2.05, 4.69) is 10.3 Å². The number of anilines is 1. The minimum absolute atomic E-state index is 0.0147. The number of aromatic nitrogens is 1. The van der Waals surface area contributed by atoms with Crippen LogP contribution < -0.4 is 14.8 Å². The Hall–Kier alpha value is -3.94. The second-order valence-corrected chi connectivity index (χ2v) is 7.24. The number of carbonyl (C=O) groups is 2. The zero-order chi connectivity index (χ0) is 23.1. The van der Waals surface area contributed by atoms with E-state index >= 15 is 0 Å². The summed E-state index contributed by atoms with van der Waals surface area (Å²) in [5.41, 5.74) is 0.824. The SMILES string of the molecule is CC(C)Oc1cc(OCCc2ccccc2F)cc(C(=O)Nc2ccc(C(=O)O)cn2)c1. The number of carboxylic acids is 1. The van der Waals surface area contributed by atoms with Crippen molar-refractivity contribution in [2.45, 2.75) is 26.4 Å². The summed E-state index contributed by atoms with van der Waals surface area (Å²) < 4.78 is 25.3. The molecule has 0 aliphatic carbocycles. The Bertz CT molecular complexity index is 1100. The number of pyridine rings is 1. The Labute approximate surface area is 184 Å². The molecule has 1 heterocycles. The van der Waals surface area contributed by atoms with Gasteiger partial charge in [-0.15, -0.1) is 0 Å². The predicted octanol–water partition coefficient (Wildman–Crippen LogP) is 4.58. The number of hydrogen-bond donors (Lipinski definition) is 2. The molecule has 1 aromatic heterocycles. The molecule has 0 fully saturated rings. The molecule has 3 rings (SSSR count). The van der Waals surface area contributed by atoms with Gasteiger partial charge in [0.15, 0.2) is 0 Å². The zero-order valence-corrected chi connectivity index (χ0v) is 17.7. The average Bonchev–Trinajstić information content (AvgIpc) is 2.75. The summed E-state index contributed by atoms with van der Waals surface area (Å²) in [6.45, 7) is 3.93. The molecule has 32 heavy (non-hydrogen) atoms. The third kappa shape index (κ3) is 6.28. The van der Waals surface area contributed by atoms with E-state index < -0.39 is 11.9 Å². The lowest BCUT2D eigenvalue weighted by molar-refractivity contribution is 0.0696. The lowest BCUT2D eigenvalue weighted by atomic mass is 10.1. The maximum atomic E-state index is 13.8. The fraction of sp³-hybridized carbons (Fsp3) is 0.208. The number of ether oxygens (including phenoxy) is 2. The summed E-state index contributed by atoms with van der Waals surface area (Å²) in [4.78, 5) is 27.6. The van der Waals surface area contributed by atoms with Crippen LogP contribution in [0.2, 0.25) is 0 Å². The van der Waals surface area contributed by atoms with E-state index in [9.17, 15) is 14.0 Å². The monoisotopic (exact) mass is 438 g/mol. The van der Waals surface area contributed by atoms with E-state index in [1.807, 2.05) is 13.8 Å². The van der Waals surface area contributed by atoms with Crippen molar-refractivity contribution in [3.8, 4) is 11.5 Å². The molecule has 0 radical (unpaired) electrons. The maximum absolute atomic E-state index is 13.8. The molecule has 7 nitrogen and oxygen atoms in total. The molecule has 1 amide bonds. The van der Waals surface area contributed by atoms with Crippen molar-refractivity contribution in [1.82, 2.24) is 4.98 Å². The zero-order valence-electron chi connectivity index (χ0n) is 17.7. The van der Waals surface area contributed by atoms with Crippen molar-refractivity contribution in [2.75, 3.05) is 11.9 Å². The van der Waals surface area contributed by atoms with E-state index in [0.717, 1.165) is 6.20 Å². The van der Waals surface area contributed by atoms with Gasteiger partial charge in [-0.2, -0.15) is 0 Å². The van der Waals surface area contributed by atoms with Crippen LogP contribution in [0.4, 0.5) is 10.2 Å². The summed E-state index contributed by atoms with van der Waals surface area (Å²) in [5, 5.41) is 11.6. The third-order valence-corrected chi connectivity index (χ3v) is 4.36. The molecule has 0 bridgehead atoms. The molecule has 0 atom stereocenters. The van der Waals surface area contributed by atoms with Gasteiger partial charge in [-0.3, -0.25) is 4.79 Å². The van der Waals surface area contributed by atoms with Crippen LogP contribution in [-0.2, 0) is 6.42 Å². The Kier molecular flexibility index (Phi) is 7.38. The van der Waals surface area contributed by atoms with Gasteiger partial charge in [0, 0.05) is 24.2 Å². The highest BCUT2D eigenvalue weighted by Gasteiger charge is 2.13. The number of rotatable bonds is 9. The minimum Gasteiger partial charge on any atom is -0.493 e. The number of hydrogen-bond acceptors (Lipinski definition) is 5. The van der Waals surface area contributed by atoms with E-state index in [1.165, 1.54) is 18.2 Å². The first-order valence-electron chi connectivity index (χ1n) is 10.0. The molecule has 2 aromatic carbocycles. The van der Waals surface area contributed by atoms with Crippen LogP contribution in [0.15, 0.2) is 60.8 Å². The van der Waals surface area contributed by atoms with Crippen LogP contribution in [0.25, 0.3) is 0 Å². The van der Waals surface area contributed by atoms with Crippen molar-refractivity contribution >= 4 is 17.7 Å². The normalized spacial score (nSPS) is 10.6. The van der Waals surface area contributed by atoms with Gasteiger partial charge in [-0.1, -0.05) is 18.2 Å². The molecule has 0 aliphatic heterocycles. The van der Waals surface area contributed by atoms with Gasteiger partial charge in [0.05, 0.1) is 18.3 Å². The van der Waals surface area contributed by atoms with Crippen LogP contribution in [0.1, 0.15) is 40.1 Å².